The molecule has 1 aliphatic rings. The van der Waals surface area contributed by atoms with Crippen molar-refractivity contribution in [2.45, 2.75) is 44.2 Å². The van der Waals surface area contributed by atoms with Gasteiger partial charge in [-0.25, -0.2) is 0 Å². The first-order valence-electron chi connectivity index (χ1n) is 6.06. The van der Waals surface area contributed by atoms with Crippen molar-refractivity contribution in [1.82, 2.24) is 0 Å². The second-order valence-corrected chi connectivity index (χ2v) is 4.37. The maximum Gasteiger partial charge on any atom is 0.308 e. The fourth-order valence-corrected chi connectivity index (χ4v) is 1.99. The molecule has 0 saturated carbocycles. The minimum Gasteiger partial charge on any atom is -0.462 e. The van der Waals surface area contributed by atoms with Crippen LogP contribution in [0.4, 0.5) is 0 Å². The zero-order valence-electron chi connectivity index (χ0n) is 11.4. The largest absolute Gasteiger partial charge is 0.462 e. The summed E-state index contributed by atoms with van der Waals surface area (Å²) < 4.78 is 21.2. The Bertz CT molecular complexity index is 289. The van der Waals surface area contributed by atoms with E-state index in [9.17, 15) is 4.79 Å². The molecule has 0 aliphatic carbocycles. The van der Waals surface area contributed by atoms with Gasteiger partial charge in [-0.3, -0.25) is 4.79 Å². The van der Waals surface area contributed by atoms with Gasteiger partial charge >= 0.3 is 5.97 Å². The summed E-state index contributed by atoms with van der Waals surface area (Å²) in [5, 5.41) is 0. The predicted octanol–water partition coefficient (Wildman–Crippen LogP) is 1.31. The van der Waals surface area contributed by atoms with Crippen molar-refractivity contribution in [1.29, 1.82) is 0 Å². The van der Waals surface area contributed by atoms with E-state index in [0.29, 0.717) is 6.42 Å². The smallest absolute Gasteiger partial charge is 0.308 e. The first kappa shape index (κ1) is 15.1. The fourth-order valence-electron chi connectivity index (χ4n) is 1.99. The summed E-state index contributed by atoms with van der Waals surface area (Å²) in [4.78, 5) is 11.7. The van der Waals surface area contributed by atoms with E-state index in [1.807, 2.05) is 19.1 Å². The Morgan fingerprint density at radius 1 is 1.17 bits per heavy atom. The molecule has 18 heavy (non-hydrogen) atoms. The second kappa shape index (κ2) is 7.51. The van der Waals surface area contributed by atoms with Gasteiger partial charge in [-0.15, -0.1) is 0 Å². The molecule has 0 spiro atoms. The number of hydrogen-bond donors (Lipinski definition) is 0. The summed E-state index contributed by atoms with van der Waals surface area (Å²) in [7, 11) is 4.77. The molecule has 5 nitrogen and oxygen atoms in total. The second-order valence-electron chi connectivity index (χ2n) is 4.37. The van der Waals surface area contributed by atoms with Crippen LogP contribution in [0.5, 0.6) is 0 Å². The minimum absolute atomic E-state index is 0.0962. The van der Waals surface area contributed by atoms with Crippen LogP contribution < -0.4 is 0 Å². The minimum atomic E-state index is -0.346. The molecule has 0 aromatic heterocycles. The van der Waals surface area contributed by atoms with Crippen molar-refractivity contribution < 1.29 is 23.7 Å². The molecule has 0 N–H and O–H groups in total. The summed E-state index contributed by atoms with van der Waals surface area (Å²) >= 11 is 0. The van der Waals surface area contributed by atoms with Crippen LogP contribution in [0.25, 0.3) is 0 Å². The summed E-state index contributed by atoms with van der Waals surface area (Å²) in [5.74, 6) is -0.276. The highest BCUT2D eigenvalue weighted by atomic mass is 16.6. The van der Waals surface area contributed by atoms with E-state index in [0.717, 1.165) is 0 Å². The van der Waals surface area contributed by atoms with Gasteiger partial charge in [-0.2, -0.15) is 0 Å². The summed E-state index contributed by atoms with van der Waals surface area (Å²) in [6.07, 6.45) is 3.72. The van der Waals surface area contributed by atoms with E-state index < -0.39 is 0 Å². The molecule has 0 radical (unpaired) electrons. The van der Waals surface area contributed by atoms with Crippen LogP contribution >= 0.6 is 0 Å². The van der Waals surface area contributed by atoms with Gasteiger partial charge in [-0.05, 0) is 6.92 Å². The maximum absolute atomic E-state index is 11.7. The molecule has 0 bridgehead atoms. The number of esters is 1. The van der Waals surface area contributed by atoms with Crippen molar-refractivity contribution in [3.63, 3.8) is 0 Å². The van der Waals surface area contributed by atoms with Crippen LogP contribution in [0.2, 0.25) is 0 Å². The highest BCUT2D eigenvalue weighted by molar-refractivity contribution is 5.70. The Morgan fingerprint density at radius 3 is 2.44 bits per heavy atom. The van der Waals surface area contributed by atoms with Crippen LogP contribution in [0.1, 0.15) is 19.8 Å². The van der Waals surface area contributed by atoms with Gasteiger partial charge in [0, 0.05) is 27.8 Å². The Labute approximate surface area is 108 Å². The fraction of sp³-hybridized carbons (Fsp3) is 0.769. The van der Waals surface area contributed by atoms with E-state index in [1.54, 1.807) is 21.3 Å². The Kier molecular flexibility index (Phi) is 6.32. The van der Waals surface area contributed by atoms with E-state index >= 15 is 0 Å². The van der Waals surface area contributed by atoms with Crippen LogP contribution in [0, 0.1) is 0 Å². The van der Waals surface area contributed by atoms with Gasteiger partial charge in [0.2, 0.25) is 0 Å². The zero-order valence-corrected chi connectivity index (χ0v) is 11.4. The topological polar surface area (TPSA) is 54.0 Å². The monoisotopic (exact) mass is 258 g/mol. The molecule has 104 valence electrons. The van der Waals surface area contributed by atoms with E-state index in [4.69, 9.17) is 18.9 Å². The molecular weight excluding hydrogens is 236 g/mol. The molecule has 5 heteroatoms. The third-order valence-corrected chi connectivity index (χ3v) is 3.02. The van der Waals surface area contributed by atoms with Crippen LogP contribution in [0.15, 0.2) is 12.2 Å². The average molecular weight is 258 g/mol. The number of methoxy groups -OCH3 is 3. The van der Waals surface area contributed by atoms with Crippen molar-refractivity contribution in [2.75, 3.05) is 21.3 Å². The lowest BCUT2D eigenvalue weighted by Crippen LogP contribution is -2.34. The number of cyclic esters (lactones) is 1. The molecule has 0 aromatic rings. The standard InChI is InChI=1S/C13H22O5/c1-9-7-10(15-2)5-6-11(16-3)12(17-4)8-13(14)18-9/h5-6,9-12H,7-8H2,1-4H3/b6-5+. The first-order valence-corrected chi connectivity index (χ1v) is 6.06. The SMILES string of the molecule is COC1/C=C/C(OC)C(OC)CC(=O)OC(C)C1. The van der Waals surface area contributed by atoms with Gasteiger partial charge in [-0.1, -0.05) is 12.2 Å². The zero-order chi connectivity index (χ0) is 13.5. The summed E-state index contributed by atoms with van der Waals surface area (Å²) in [5.41, 5.74) is 0. The molecule has 1 heterocycles. The normalized spacial score (nSPS) is 35.9. The lowest BCUT2D eigenvalue weighted by molar-refractivity contribution is -0.154. The Morgan fingerprint density at radius 2 is 1.89 bits per heavy atom. The van der Waals surface area contributed by atoms with Crippen LogP contribution in [-0.2, 0) is 23.7 Å². The lowest BCUT2D eigenvalue weighted by atomic mass is 10.1. The van der Waals surface area contributed by atoms with Gasteiger partial charge in [0.05, 0.1) is 18.6 Å². The highest BCUT2D eigenvalue weighted by Crippen LogP contribution is 2.16. The third-order valence-electron chi connectivity index (χ3n) is 3.02. The Balaban J connectivity index is 2.87. The van der Waals surface area contributed by atoms with Crippen LogP contribution in [0.3, 0.4) is 0 Å². The first-order chi connectivity index (χ1) is 8.60. The summed E-state index contributed by atoms with van der Waals surface area (Å²) in [6, 6.07) is 0. The van der Waals surface area contributed by atoms with Crippen molar-refractivity contribution in [3.8, 4) is 0 Å². The quantitative estimate of drug-likeness (QED) is 0.564. The van der Waals surface area contributed by atoms with Crippen molar-refractivity contribution >= 4 is 5.97 Å². The van der Waals surface area contributed by atoms with Crippen LogP contribution in [-0.4, -0.2) is 51.7 Å². The van der Waals surface area contributed by atoms with Gasteiger partial charge < -0.3 is 18.9 Å². The maximum atomic E-state index is 11.7. The molecule has 4 unspecified atom stereocenters. The average Bonchev–Trinajstić information content (AvgIpc) is 2.35. The summed E-state index contributed by atoms with van der Waals surface area (Å²) in [6.45, 7) is 1.86. The number of ether oxygens (including phenoxy) is 4. The number of rotatable bonds is 3. The van der Waals surface area contributed by atoms with E-state index in [1.165, 1.54) is 0 Å². The molecule has 1 rings (SSSR count). The number of carbonyl (C=O) groups is 1. The number of carbonyl (C=O) groups excluding carboxylic acids is 1. The van der Waals surface area contributed by atoms with Gasteiger partial charge in [0.25, 0.3) is 0 Å². The van der Waals surface area contributed by atoms with Gasteiger partial charge in [0.15, 0.2) is 0 Å². The third kappa shape index (κ3) is 4.40. The molecule has 1 aliphatic heterocycles. The highest BCUT2D eigenvalue weighted by Gasteiger charge is 2.26. The predicted molar refractivity (Wildman–Crippen MR) is 66.3 cm³/mol. The number of hydrogen-bond acceptors (Lipinski definition) is 5. The van der Waals surface area contributed by atoms with E-state index in [-0.39, 0.29) is 36.8 Å². The van der Waals surface area contributed by atoms with Crippen molar-refractivity contribution in [3.05, 3.63) is 12.2 Å². The molecule has 4 atom stereocenters. The molecule has 0 aromatic carbocycles. The molecule has 0 saturated heterocycles. The molecular formula is C13H22O5. The van der Waals surface area contributed by atoms with E-state index in [2.05, 4.69) is 0 Å². The Hall–Kier alpha value is -0.910. The molecule has 0 fully saturated rings. The lowest BCUT2D eigenvalue weighted by Gasteiger charge is -2.25. The molecule has 0 amide bonds. The van der Waals surface area contributed by atoms with Gasteiger partial charge in [0.1, 0.15) is 12.2 Å². The van der Waals surface area contributed by atoms with Crippen molar-refractivity contribution in [2.24, 2.45) is 0 Å².